The standard InChI is InChI=1S/2C4H9.C2H.CH3.Sn/c2*1-4(2)3;1-2;;/h2*1-3H3;1H;1H3;. The number of terminal acetylenes is 1. The van der Waals surface area contributed by atoms with Crippen molar-refractivity contribution < 1.29 is 0 Å². The Bertz CT molecular complexity index is 181. The molecule has 0 heterocycles. The topological polar surface area (TPSA) is 0 Å². The fourth-order valence-electron chi connectivity index (χ4n) is 1.56. The van der Waals surface area contributed by atoms with Gasteiger partial charge in [0.25, 0.3) is 0 Å². The van der Waals surface area contributed by atoms with Crippen LogP contribution in [-0.2, 0) is 0 Å². The molecule has 12 heavy (non-hydrogen) atoms. The van der Waals surface area contributed by atoms with Crippen molar-refractivity contribution in [3.63, 3.8) is 0 Å². The van der Waals surface area contributed by atoms with Gasteiger partial charge < -0.3 is 0 Å². The first-order chi connectivity index (χ1) is 5.06. The van der Waals surface area contributed by atoms with Gasteiger partial charge in [0.1, 0.15) is 0 Å². The van der Waals surface area contributed by atoms with Gasteiger partial charge in [0.2, 0.25) is 0 Å². The van der Waals surface area contributed by atoms with Crippen LogP contribution in [0.4, 0.5) is 0 Å². The first kappa shape index (κ1) is 12.4. The molecule has 1 heteroatoms. The normalized spacial score (nSPS) is 14.2. The fraction of sp³-hybridized carbons (Fsp3) is 0.818. The minimum atomic E-state index is -2.39. The van der Waals surface area contributed by atoms with E-state index in [0.29, 0.717) is 6.86 Å². The van der Waals surface area contributed by atoms with Crippen molar-refractivity contribution in [1.29, 1.82) is 0 Å². The van der Waals surface area contributed by atoms with Crippen LogP contribution in [0.15, 0.2) is 0 Å². The third-order valence-electron chi connectivity index (χ3n) is 3.29. The second kappa shape index (κ2) is 3.25. The quantitative estimate of drug-likeness (QED) is 0.464. The summed E-state index contributed by atoms with van der Waals surface area (Å²) in [5, 5.41) is 0. The number of hydrogen-bond acceptors (Lipinski definition) is 0. The van der Waals surface area contributed by atoms with E-state index in [-0.39, 0.29) is 0 Å². The Kier molecular flexibility index (Phi) is 3.35. The summed E-state index contributed by atoms with van der Waals surface area (Å²) in [6, 6.07) is 0. The third kappa shape index (κ3) is 1.99. The molecule has 0 rings (SSSR count). The Morgan fingerprint density at radius 1 is 0.917 bits per heavy atom. The Hall–Kier alpha value is 0.359. The van der Waals surface area contributed by atoms with Crippen molar-refractivity contribution >= 4 is 18.4 Å². The minimum absolute atomic E-state index is 0.363. The van der Waals surface area contributed by atoms with Gasteiger partial charge in [-0.3, -0.25) is 0 Å². The van der Waals surface area contributed by atoms with E-state index in [4.69, 9.17) is 6.42 Å². The molecule has 0 bridgehead atoms. The number of rotatable bonds is 0. The van der Waals surface area contributed by atoms with Gasteiger partial charge in [-0.15, -0.1) is 0 Å². The molecule has 0 unspecified atom stereocenters. The molecule has 70 valence electrons. The second-order valence-corrected chi connectivity index (χ2v) is 21.6. The van der Waals surface area contributed by atoms with Gasteiger partial charge >= 0.3 is 82.1 Å². The van der Waals surface area contributed by atoms with Crippen LogP contribution in [0.1, 0.15) is 41.5 Å². The molecule has 0 fully saturated rings. The molecule has 0 saturated heterocycles. The Labute approximate surface area is 82.0 Å². The van der Waals surface area contributed by atoms with Gasteiger partial charge in [-0.1, -0.05) is 0 Å². The Morgan fingerprint density at radius 2 is 1.17 bits per heavy atom. The Balaban J connectivity index is 5.14. The monoisotopic (exact) mass is 274 g/mol. The van der Waals surface area contributed by atoms with Gasteiger partial charge in [0, 0.05) is 0 Å². The van der Waals surface area contributed by atoms with E-state index in [1.54, 1.807) is 0 Å². The van der Waals surface area contributed by atoms with Gasteiger partial charge in [-0.25, -0.2) is 0 Å². The van der Waals surface area contributed by atoms with E-state index in [0.717, 1.165) is 0 Å². The van der Waals surface area contributed by atoms with E-state index < -0.39 is 18.4 Å². The maximum absolute atomic E-state index is 5.72. The average molecular weight is 273 g/mol. The number of hydrogen-bond donors (Lipinski definition) is 0. The van der Waals surface area contributed by atoms with E-state index >= 15 is 0 Å². The second-order valence-electron chi connectivity index (χ2n) is 5.77. The molecule has 0 spiro atoms. The van der Waals surface area contributed by atoms with Crippen LogP contribution in [0.5, 0.6) is 0 Å². The van der Waals surface area contributed by atoms with Crippen LogP contribution in [0, 0.1) is 10.4 Å². The van der Waals surface area contributed by atoms with Gasteiger partial charge in [-0.05, 0) is 0 Å². The molecule has 0 aromatic rings. The van der Waals surface area contributed by atoms with Crippen molar-refractivity contribution in [2.24, 2.45) is 0 Å². The van der Waals surface area contributed by atoms with E-state index in [1.165, 1.54) is 0 Å². The summed E-state index contributed by atoms with van der Waals surface area (Å²) in [6.07, 6.45) is 5.72. The van der Waals surface area contributed by atoms with Crippen molar-refractivity contribution in [3.05, 3.63) is 0 Å². The van der Waals surface area contributed by atoms with Crippen LogP contribution >= 0.6 is 0 Å². The van der Waals surface area contributed by atoms with Crippen LogP contribution in [0.3, 0.4) is 0 Å². The molecular formula is C11H22Sn. The summed E-state index contributed by atoms with van der Waals surface area (Å²) in [4.78, 5) is 2.38. The van der Waals surface area contributed by atoms with Gasteiger partial charge in [0.15, 0.2) is 0 Å². The zero-order valence-corrected chi connectivity index (χ0v) is 12.4. The molecule has 0 aliphatic heterocycles. The molecule has 0 atom stereocenters. The molecule has 0 radical (unpaired) electrons. The zero-order chi connectivity index (χ0) is 10.2. The molecule has 0 aliphatic rings. The summed E-state index contributed by atoms with van der Waals surface area (Å²) in [5.74, 6) is 0. The van der Waals surface area contributed by atoms with Crippen molar-refractivity contribution in [2.45, 2.75) is 53.3 Å². The first-order valence-electron chi connectivity index (χ1n) is 4.54. The summed E-state index contributed by atoms with van der Waals surface area (Å²) in [7, 11) is 0. The summed E-state index contributed by atoms with van der Waals surface area (Å²) in [5.41, 5.74) is 0. The van der Waals surface area contributed by atoms with Gasteiger partial charge in [0.05, 0.1) is 0 Å². The third-order valence-corrected chi connectivity index (χ3v) is 22.1. The van der Waals surface area contributed by atoms with E-state index in [2.05, 4.69) is 50.4 Å². The van der Waals surface area contributed by atoms with Crippen LogP contribution < -0.4 is 0 Å². The predicted octanol–water partition coefficient (Wildman–Crippen LogP) is 3.84. The van der Waals surface area contributed by atoms with E-state index in [1.807, 2.05) is 0 Å². The molecule has 0 aliphatic carbocycles. The van der Waals surface area contributed by atoms with E-state index in [9.17, 15) is 0 Å². The summed E-state index contributed by atoms with van der Waals surface area (Å²) in [6.45, 7) is 13.8. The molecule has 0 N–H and O–H groups in total. The fourth-order valence-corrected chi connectivity index (χ4v) is 10.5. The molecule has 0 aromatic carbocycles. The van der Waals surface area contributed by atoms with Gasteiger partial charge in [-0.2, -0.15) is 0 Å². The summed E-state index contributed by atoms with van der Waals surface area (Å²) < 4.78 is 3.89. The molecule has 0 saturated carbocycles. The average Bonchev–Trinajstić information content (AvgIpc) is 1.81. The predicted molar refractivity (Wildman–Crippen MR) is 59.9 cm³/mol. The zero-order valence-electron chi connectivity index (χ0n) is 9.58. The SMILES string of the molecule is C#[C][Sn]([CH3])([C](C)(C)C)[C](C)(C)C. The summed E-state index contributed by atoms with van der Waals surface area (Å²) >= 11 is -2.39. The molecule has 0 amide bonds. The van der Waals surface area contributed by atoms with Crippen molar-refractivity contribution in [2.75, 3.05) is 0 Å². The van der Waals surface area contributed by atoms with Crippen LogP contribution in [0.2, 0.25) is 11.8 Å². The molecular weight excluding hydrogens is 251 g/mol. The maximum atomic E-state index is 5.72. The van der Waals surface area contributed by atoms with Crippen molar-refractivity contribution in [3.8, 4) is 10.4 Å². The van der Waals surface area contributed by atoms with Crippen molar-refractivity contribution in [1.82, 2.24) is 0 Å². The Morgan fingerprint density at radius 3 is 1.17 bits per heavy atom. The van der Waals surface area contributed by atoms with Crippen LogP contribution in [0.25, 0.3) is 0 Å². The molecule has 0 nitrogen and oxygen atoms in total. The van der Waals surface area contributed by atoms with Crippen LogP contribution in [-0.4, -0.2) is 18.4 Å². The first-order valence-corrected chi connectivity index (χ1v) is 11.7. The molecule has 0 aromatic heterocycles.